The first kappa shape index (κ1) is 9.76. The average molecular weight is 168 g/mol. The molecule has 0 heterocycles. The van der Waals surface area contributed by atoms with Crippen molar-refractivity contribution < 1.29 is 4.79 Å². The number of hydrogen-bond acceptors (Lipinski definition) is 1. The molecule has 1 atom stereocenters. The highest BCUT2D eigenvalue weighted by molar-refractivity contribution is 5.81. The van der Waals surface area contributed by atoms with Crippen LogP contribution in [0.4, 0.5) is 0 Å². The fraction of sp³-hybridized carbons (Fsp3) is 0.909. The summed E-state index contributed by atoms with van der Waals surface area (Å²) < 4.78 is 0. The van der Waals surface area contributed by atoms with E-state index in [9.17, 15) is 4.79 Å². The molecule has 0 aliphatic heterocycles. The molecule has 1 aliphatic carbocycles. The lowest BCUT2D eigenvalue weighted by Crippen LogP contribution is -2.13. The minimum atomic E-state index is 0.351. The third kappa shape index (κ3) is 2.96. The summed E-state index contributed by atoms with van der Waals surface area (Å²) in [7, 11) is 0. The minimum Gasteiger partial charge on any atom is -0.299 e. The van der Waals surface area contributed by atoms with Crippen molar-refractivity contribution in [1.82, 2.24) is 0 Å². The summed E-state index contributed by atoms with van der Waals surface area (Å²) in [6.45, 7) is 6.45. The van der Waals surface area contributed by atoms with Crippen molar-refractivity contribution in [2.24, 2.45) is 17.8 Å². The molecule has 1 fully saturated rings. The van der Waals surface area contributed by atoms with Crippen molar-refractivity contribution in [1.29, 1.82) is 0 Å². The molecule has 1 saturated carbocycles. The summed E-state index contributed by atoms with van der Waals surface area (Å²) in [5.74, 6) is 2.25. The number of ketones is 1. The van der Waals surface area contributed by atoms with Crippen LogP contribution in [0.15, 0.2) is 0 Å². The Morgan fingerprint density at radius 2 is 1.92 bits per heavy atom. The second-order valence-corrected chi connectivity index (χ2v) is 4.52. The molecule has 0 aromatic carbocycles. The zero-order valence-corrected chi connectivity index (χ0v) is 8.47. The van der Waals surface area contributed by atoms with Crippen LogP contribution in [0.25, 0.3) is 0 Å². The van der Waals surface area contributed by atoms with Gasteiger partial charge in [0.1, 0.15) is 5.78 Å². The molecule has 0 bridgehead atoms. The van der Waals surface area contributed by atoms with Crippen LogP contribution in [0.2, 0.25) is 0 Å². The molecule has 70 valence electrons. The molecule has 1 nitrogen and oxygen atoms in total. The number of rotatable bonds is 5. The summed E-state index contributed by atoms with van der Waals surface area (Å²) in [4.78, 5) is 11.5. The number of Topliss-reactive ketones (excluding diaryl/α,β-unsaturated/α-hetero) is 1. The predicted octanol–water partition coefficient (Wildman–Crippen LogP) is 3.04. The van der Waals surface area contributed by atoms with Gasteiger partial charge < -0.3 is 0 Å². The molecular formula is C11H20O. The monoisotopic (exact) mass is 168 g/mol. The van der Waals surface area contributed by atoms with E-state index in [-0.39, 0.29) is 0 Å². The molecule has 1 heteroatoms. The van der Waals surface area contributed by atoms with E-state index < -0.39 is 0 Å². The van der Waals surface area contributed by atoms with Crippen LogP contribution in [0, 0.1) is 17.8 Å². The van der Waals surface area contributed by atoms with Gasteiger partial charge in [0, 0.05) is 12.3 Å². The maximum absolute atomic E-state index is 11.5. The van der Waals surface area contributed by atoms with Crippen LogP contribution >= 0.6 is 0 Å². The first-order valence-corrected chi connectivity index (χ1v) is 5.14. The van der Waals surface area contributed by atoms with Crippen molar-refractivity contribution in [3.05, 3.63) is 0 Å². The van der Waals surface area contributed by atoms with Crippen molar-refractivity contribution in [2.75, 3.05) is 0 Å². The van der Waals surface area contributed by atoms with Gasteiger partial charge in [-0.3, -0.25) is 4.79 Å². The van der Waals surface area contributed by atoms with E-state index >= 15 is 0 Å². The molecule has 12 heavy (non-hydrogen) atoms. The highest BCUT2D eigenvalue weighted by Crippen LogP contribution is 2.37. The smallest absolute Gasteiger partial charge is 0.135 e. The second-order valence-electron chi connectivity index (χ2n) is 4.52. The molecule has 1 unspecified atom stereocenters. The first-order chi connectivity index (χ1) is 5.61. The summed E-state index contributed by atoms with van der Waals surface area (Å²) in [6, 6.07) is 0. The van der Waals surface area contributed by atoms with Crippen LogP contribution < -0.4 is 0 Å². The first-order valence-electron chi connectivity index (χ1n) is 5.14. The Morgan fingerprint density at radius 3 is 2.33 bits per heavy atom. The molecular weight excluding hydrogens is 148 g/mol. The highest BCUT2D eigenvalue weighted by Gasteiger charge is 2.31. The normalized spacial score (nSPS) is 19.7. The van der Waals surface area contributed by atoms with Crippen LogP contribution in [-0.4, -0.2) is 5.78 Å². The largest absolute Gasteiger partial charge is 0.299 e. The highest BCUT2D eigenvalue weighted by atomic mass is 16.1. The number of hydrogen-bond donors (Lipinski definition) is 0. The zero-order valence-electron chi connectivity index (χ0n) is 8.47. The summed E-state index contributed by atoms with van der Waals surface area (Å²) in [5.41, 5.74) is 0. The second kappa shape index (κ2) is 4.06. The minimum absolute atomic E-state index is 0.351. The van der Waals surface area contributed by atoms with Crippen molar-refractivity contribution >= 4 is 5.78 Å². The Labute approximate surface area is 75.5 Å². The van der Waals surface area contributed by atoms with Gasteiger partial charge in [0.05, 0.1) is 0 Å². The fourth-order valence-electron chi connectivity index (χ4n) is 1.52. The molecule has 0 aromatic rings. The molecule has 0 spiro atoms. The van der Waals surface area contributed by atoms with Gasteiger partial charge in [-0.2, -0.15) is 0 Å². The third-order valence-corrected chi connectivity index (χ3v) is 2.81. The number of carbonyl (C=O) groups is 1. The molecule has 0 N–H and O–H groups in total. The quantitative estimate of drug-likeness (QED) is 0.616. The maximum atomic E-state index is 11.5. The molecule has 0 amide bonds. The van der Waals surface area contributed by atoms with Crippen molar-refractivity contribution in [3.63, 3.8) is 0 Å². The van der Waals surface area contributed by atoms with Gasteiger partial charge in [-0.1, -0.05) is 20.8 Å². The lowest BCUT2D eigenvalue weighted by Gasteiger charge is -2.09. The Balaban J connectivity index is 2.17. The fourth-order valence-corrected chi connectivity index (χ4v) is 1.52. The zero-order chi connectivity index (χ0) is 9.14. The van der Waals surface area contributed by atoms with Gasteiger partial charge in [0.15, 0.2) is 0 Å². The Bertz CT molecular complexity index is 156. The average Bonchev–Trinajstić information content (AvgIpc) is 2.80. The van der Waals surface area contributed by atoms with Gasteiger partial charge in [-0.15, -0.1) is 0 Å². The van der Waals surface area contributed by atoms with Crippen LogP contribution in [0.1, 0.15) is 46.5 Å². The Kier molecular flexibility index (Phi) is 3.30. The van der Waals surface area contributed by atoms with E-state index in [0.717, 1.165) is 18.8 Å². The van der Waals surface area contributed by atoms with Gasteiger partial charge in [-0.05, 0) is 31.1 Å². The van der Waals surface area contributed by atoms with E-state index in [4.69, 9.17) is 0 Å². The van der Waals surface area contributed by atoms with Crippen molar-refractivity contribution in [3.8, 4) is 0 Å². The Hall–Kier alpha value is -0.330. The molecule has 1 rings (SSSR count). The SMILES string of the molecule is CC(C)CCC(=O)C(C)C1CC1. The van der Waals surface area contributed by atoms with Gasteiger partial charge >= 0.3 is 0 Å². The summed E-state index contributed by atoms with van der Waals surface area (Å²) in [6.07, 6.45) is 4.44. The molecule has 1 aliphatic rings. The van der Waals surface area contributed by atoms with Crippen molar-refractivity contribution in [2.45, 2.75) is 46.5 Å². The molecule has 0 radical (unpaired) electrons. The standard InChI is InChI=1S/C11H20O/c1-8(2)4-7-11(12)9(3)10-5-6-10/h8-10H,4-7H2,1-3H3. The topological polar surface area (TPSA) is 17.1 Å². The van der Waals surface area contributed by atoms with Crippen LogP contribution in [0.5, 0.6) is 0 Å². The van der Waals surface area contributed by atoms with Gasteiger partial charge in [0.25, 0.3) is 0 Å². The van der Waals surface area contributed by atoms with Crippen LogP contribution in [0.3, 0.4) is 0 Å². The van der Waals surface area contributed by atoms with Crippen LogP contribution in [-0.2, 0) is 4.79 Å². The van der Waals surface area contributed by atoms with Gasteiger partial charge in [-0.25, -0.2) is 0 Å². The Morgan fingerprint density at radius 1 is 1.33 bits per heavy atom. The summed E-state index contributed by atoms with van der Waals surface area (Å²) in [5, 5.41) is 0. The maximum Gasteiger partial charge on any atom is 0.135 e. The van der Waals surface area contributed by atoms with E-state index in [0.29, 0.717) is 17.6 Å². The summed E-state index contributed by atoms with van der Waals surface area (Å²) >= 11 is 0. The van der Waals surface area contributed by atoms with E-state index in [1.165, 1.54) is 12.8 Å². The number of carbonyl (C=O) groups excluding carboxylic acids is 1. The van der Waals surface area contributed by atoms with E-state index in [1.54, 1.807) is 0 Å². The molecule has 0 aromatic heterocycles. The van der Waals surface area contributed by atoms with E-state index in [1.807, 2.05) is 0 Å². The predicted molar refractivity (Wildman–Crippen MR) is 51.0 cm³/mol. The van der Waals surface area contributed by atoms with E-state index in [2.05, 4.69) is 20.8 Å². The lowest BCUT2D eigenvalue weighted by atomic mass is 9.95. The van der Waals surface area contributed by atoms with Gasteiger partial charge in [0.2, 0.25) is 0 Å². The third-order valence-electron chi connectivity index (χ3n) is 2.81. The molecule has 0 saturated heterocycles. The lowest BCUT2D eigenvalue weighted by molar-refractivity contribution is -0.123.